The second-order valence-corrected chi connectivity index (χ2v) is 10.9. The van der Waals surface area contributed by atoms with E-state index in [0.717, 1.165) is 6.42 Å². The molecule has 41 heavy (non-hydrogen) atoms. The van der Waals surface area contributed by atoms with Crippen LogP contribution in [0.25, 0.3) is 22.4 Å². The molecule has 2 aromatic rings. The Morgan fingerprint density at radius 1 is 1.34 bits per heavy atom. The third-order valence-electron chi connectivity index (χ3n) is 7.92. The molecular weight excluding hydrogens is 538 g/mol. The molecule has 0 spiro atoms. The lowest BCUT2D eigenvalue weighted by Crippen LogP contribution is -2.51. The number of nitrogens with two attached hydrogens (primary N) is 1. The lowest BCUT2D eigenvalue weighted by Gasteiger charge is -2.33. The lowest BCUT2D eigenvalue weighted by molar-refractivity contribution is -0.125. The maximum absolute atomic E-state index is 14.8. The van der Waals surface area contributed by atoms with Crippen molar-refractivity contribution in [1.29, 1.82) is 0 Å². The van der Waals surface area contributed by atoms with Gasteiger partial charge in [-0.05, 0) is 45.0 Å². The van der Waals surface area contributed by atoms with Crippen LogP contribution in [-0.4, -0.2) is 84.6 Å². The van der Waals surface area contributed by atoms with Crippen LogP contribution in [0.1, 0.15) is 38.1 Å². The number of allylic oxidation sites excluding steroid dienone is 1. The number of likely N-dealkylation sites (tertiary alicyclic amines) is 1. The number of carbonyl (C=O) groups is 1. The van der Waals surface area contributed by atoms with E-state index in [-0.39, 0.29) is 41.8 Å². The third-order valence-corrected chi connectivity index (χ3v) is 7.92. The number of aromatic nitrogens is 1. The Labute approximate surface area is 238 Å². The molecule has 0 radical (unpaired) electrons. The molecule has 0 bridgehead atoms. The first kappa shape index (κ1) is 30.9. The standard InChI is InChI=1S/C29H39F4N7O/c1-5-17(2)40-27(34)22(15-36-40)28(41)35-12-7-8-19-14-21-20(26(37-19)18(3)29(31,32)33)9-6-10-24(21)38-25-11-13-39(4)16-23(25)30/h6-10,14,17,22-23,25,27,36,38H,3,5,11-13,15-16,34H2,1-2,4H3,(H,35,41)/b8-7+/t17-,22?,23-,25+,27?/m0/s1. The van der Waals surface area contributed by atoms with Crippen molar-refractivity contribution >= 4 is 34.0 Å². The van der Waals surface area contributed by atoms with E-state index >= 15 is 0 Å². The lowest BCUT2D eigenvalue weighted by atomic mass is 9.99. The molecule has 0 saturated carbocycles. The number of pyridine rings is 1. The molecule has 2 saturated heterocycles. The number of amides is 1. The minimum absolute atomic E-state index is 0.139. The van der Waals surface area contributed by atoms with E-state index < -0.39 is 36.0 Å². The Hall–Kier alpha value is -3.06. The fraction of sp³-hybridized carbons (Fsp3) is 0.517. The van der Waals surface area contributed by atoms with Crippen molar-refractivity contribution in [2.45, 2.75) is 57.3 Å². The largest absolute Gasteiger partial charge is 0.417 e. The van der Waals surface area contributed by atoms with Gasteiger partial charge in [0.2, 0.25) is 5.91 Å². The summed E-state index contributed by atoms with van der Waals surface area (Å²) < 4.78 is 56.0. The molecule has 8 nitrogen and oxygen atoms in total. The first-order chi connectivity index (χ1) is 19.4. The molecule has 2 unspecified atom stereocenters. The van der Waals surface area contributed by atoms with E-state index in [2.05, 4.69) is 27.6 Å². The zero-order valence-corrected chi connectivity index (χ0v) is 23.6. The van der Waals surface area contributed by atoms with Gasteiger partial charge in [0.15, 0.2) is 0 Å². The summed E-state index contributed by atoms with van der Waals surface area (Å²) in [6, 6.07) is 6.27. The summed E-state index contributed by atoms with van der Waals surface area (Å²) in [6.07, 6.45) is -1.67. The number of nitrogens with zero attached hydrogens (tertiary/aromatic N) is 3. The van der Waals surface area contributed by atoms with Gasteiger partial charge in [0.25, 0.3) is 0 Å². The summed E-state index contributed by atoms with van der Waals surface area (Å²) in [7, 11) is 1.85. The molecule has 5 atom stereocenters. The molecule has 1 aromatic carbocycles. The van der Waals surface area contributed by atoms with E-state index in [4.69, 9.17) is 5.73 Å². The number of alkyl halides is 4. The smallest absolute Gasteiger partial charge is 0.379 e. The molecule has 224 valence electrons. The predicted octanol–water partition coefficient (Wildman–Crippen LogP) is 3.91. The highest BCUT2D eigenvalue weighted by Gasteiger charge is 2.38. The molecule has 0 aliphatic carbocycles. The van der Waals surface area contributed by atoms with Gasteiger partial charge in [0.05, 0.1) is 35.1 Å². The normalized spacial score (nSPS) is 25.1. The van der Waals surface area contributed by atoms with Gasteiger partial charge < -0.3 is 21.3 Å². The topological polar surface area (TPSA) is 98.5 Å². The van der Waals surface area contributed by atoms with Crippen LogP contribution in [0, 0.1) is 5.92 Å². The molecule has 5 N–H and O–H groups in total. The number of piperidine rings is 1. The number of fused-ring (bicyclic) bond motifs is 1. The van der Waals surface area contributed by atoms with Gasteiger partial charge in [-0.2, -0.15) is 13.2 Å². The Kier molecular flexibility index (Phi) is 9.68. The number of hydrogen-bond donors (Lipinski definition) is 4. The number of carbonyl (C=O) groups excluding carboxylic acids is 1. The Bertz CT molecular complexity index is 1280. The van der Waals surface area contributed by atoms with Gasteiger partial charge in [0.1, 0.15) is 6.17 Å². The second-order valence-electron chi connectivity index (χ2n) is 10.9. The molecule has 4 rings (SSSR count). The highest BCUT2D eigenvalue weighted by Crippen LogP contribution is 2.37. The van der Waals surface area contributed by atoms with Crippen LogP contribution < -0.4 is 21.8 Å². The number of hydrazine groups is 1. The molecule has 1 aromatic heterocycles. The van der Waals surface area contributed by atoms with Crippen LogP contribution in [0.15, 0.2) is 36.9 Å². The summed E-state index contributed by atoms with van der Waals surface area (Å²) in [5, 5.41) is 8.66. The van der Waals surface area contributed by atoms with Crippen LogP contribution in [0.5, 0.6) is 0 Å². The van der Waals surface area contributed by atoms with Gasteiger partial charge in [-0.15, -0.1) is 0 Å². The quantitative estimate of drug-likeness (QED) is 0.336. The monoisotopic (exact) mass is 577 g/mol. The highest BCUT2D eigenvalue weighted by molar-refractivity contribution is 6.00. The highest BCUT2D eigenvalue weighted by atomic mass is 19.4. The van der Waals surface area contributed by atoms with Gasteiger partial charge in [-0.25, -0.2) is 14.4 Å². The molecular formula is C29H39F4N7O. The van der Waals surface area contributed by atoms with Crippen LogP contribution in [-0.2, 0) is 4.79 Å². The summed E-state index contributed by atoms with van der Waals surface area (Å²) in [4.78, 5) is 18.9. The number of anilines is 1. The van der Waals surface area contributed by atoms with Crippen molar-refractivity contribution in [2.75, 3.05) is 38.5 Å². The summed E-state index contributed by atoms with van der Waals surface area (Å²) >= 11 is 0. The molecule has 3 heterocycles. The Balaban J connectivity index is 1.55. The molecule has 2 aliphatic heterocycles. The fourth-order valence-corrected chi connectivity index (χ4v) is 5.28. The number of nitrogens with one attached hydrogen (secondary N) is 3. The number of benzene rings is 1. The van der Waals surface area contributed by atoms with Gasteiger partial charge in [-0.1, -0.05) is 31.7 Å². The maximum Gasteiger partial charge on any atom is 0.417 e. The van der Waals surface area contributed by atoms with Gasteiger partial charge in [-0.3, -0.25) is 10.2 Å². The van der Waals surface area contributed by atoms with Crippen molar-refractivity contribution in [3.8, 4) is 0 Å². The summed E-state index contributed by atoms with van der Waals surface area (Å²) in [5.74, 6) is -0.658. The van der Waals surface area contributed by atoms with Crippen molar-refractivity contribution in [3.63, 3.8) is 0 Å². The first-order valence-corrected chi connectivity index (χ1v) is 13.9. The number of hydrogen-bond acceptors (Lipinski definition) is 7. The zero-order chi connectivity index (χ0) is 29.9. The van der Waals surface area contributed by atoms with Crippen molar-refractivity contribution in [2.24, 2.45) is 11.7 Å². The van der Waals surface area contributed by atoms with E-state index in [0.29, 0.717) is 30.6 Å². The van der Waals surface area contributed by atoms with Crippen molar-refractivity contribution in [1.82, 2.24) is 25.6 Å². The SMILES string of the molecule is C=C(c1nc(/C=C/CNC(=O)C2CNN([C@@H](C)CC)C2N)cc2c(N[C@@H]3CCN(C)C[C@@H]3F)cccc12)C(F)(F)F. The minimum atomic E-state index is -4.69. The van der Waals surface area contributed by atoms with E-state index in [1.807, 2.05) is 30.8 Å². The maximum atomic E-state index is 14.8. The first-order valence-electron chi connectivity index (χ1n) is 13.9. The summed E-state index contributed by atoms with van der Waals surface area (Å²) in [5.41, 5.74) is 8.86. The van der Waals surface area contributed by atoms with Crippen LogP contribution >= 0.6 is 0 Å². The fourth-order valence-electron chi connectivity index (χ4n) is 5.28. The van der Waals surface area contributed by atoms with Gasteiger partial charge >= 0.3 is 6.18 Å². The van der Waals surface area contributed by atoms with E-state index in [1.54, 1.807) is 36.4 Å². The number of rotatable bonds is 9. The second kappa shape index (κ2) is 12.8. The Morgan fingerprint density at radius 2 is 2.10 bits per heavy atom. The third kappa shape index (κ3) is 7.06. The summed E-state index contributed by atoms with van der Waals surface area (Å²) in [6.45, 7) is 8.88. The average molecular weight is 578 g/mol. The minimum Gasteiger partial charge on any atom is -0.379 e. The molecule has 2 aliphatic rings. The molecule has 1 amide bonds. The molecule has 2 fully saturated rings. The average Bonchev–Trinajstić information content (AvgIpc) is 3.32. The van der Waals surface area contributed by atoms with Crippen LogP contribution in [0.4, 0.5) is 23.2 Å². The van der Waals surface area contributed by atoms with E-state index in [9.17, 15) is 22.4 Å². The van der Waals surface area contributed by atoms with Crippen molar-refractivity contribution < 1.29 is 22.4 Å². The number of halogens is 4. The zero-order valence-electron chi connectivity index (χ0n) is 23.6. The van der Waals surface area contributed by atoms with Crippen LogP contribution in [0.3, 0.4) is 0 Å². The van der Waals surface area contributed by atoms with Crippen molar-refractivity contribution in [3.05, 3.63) is 48.3 Å². The molecule has 12 heteroatoms. The van der Waals surface area contributed by atoms with E-state index in [1.165, 1.54) is 0 Å². The van der Waals surface area contributed by atoms with Crippen LogP contribution in [0.2, 0.25) is 0 Å². The predicted molar refractivity (Wildman–Crippen MR) is 154 cm³/mol. The van der Waals surface area contributed by atoms with Gasteiger partial charge in [0, 0.05) is 48.7 Å². The Morgan fingerprint density at radius 3 is 2.78 bits per heavy atom.